The van der Waals surface area contributed by atoms with Crippen LogP contribution in [0, 0.1) is 11.3 Å². The van der Waals surface area contributed by atoms with Crippen LogP contribution in [-0.4, -0.2) is 49.8 Å². The maximum absolute atomic E-state index is 12.3. The summed E-state index contributed by atoms with van der Waals surface area (Å²) in [6.07, 6.45) is 1.61. The summed E-state index contributed by atoms with van der Waals surface area (Å²) in [7, 11) is -3.39. The van der Waals surface area contributed by atoms with E-state index in [1.807, 2.05) is 42.2 Å². The fourth-order valence-electron chi connectivity index (χ4n) is 2.24. The summed E-state index contributed by atoms with van der Waals surface area (Å²) in [5, 5.41) is 10.1. The second-order valence-electron chi connectivity index (χ2n) is 5.00. The van der Waals surface area contributed by atoms with Crippen LogP contribution in [-0.2, 0) is 10.0 Å². The van der Waals surface area contributed by atoms with Crippen molar-refractivity contribution in [1.82, 2.24) is 9.21 Å². The lowest BCUT2D eigenvalue weighted by Gasteiger charge is -2.34. The van der Waals surface area contributed by atoms with E-state index >= 15 is 0 Å². The number of hydrogen-bond donors (Lipinski definition) is 0. The first-order chi connectivity index (χ1) is 10.0. The Morgan fingerprint density at radius 3 is 2.38 bits per heavy atom. The third kappa shape index (κ3) is 4.14. The smallest absolute Gasteiger partial charge is 0.236 e. The lowest BCUT2D eigenvalue weighted by Crippen LogP contribution is -2.50. The van der Waals surface area contributed by atoms with Crippen LogP contribution in [0.15, 0.2) is 35.7 Å². The van der Waals surface area contributed by atoms with Gasteiger partial charge in [0.2, 0.25) is 10.0 Å². The van der Waals surface area contributed by atoms with Crippen molar-refractivity contribution < 1.29 is 8.42 Å². The first-order valence-electron chi connectivity index (χ1n) is 6.90. The van der Waals surface area contributed by atoms with Crippen molar-refractivity contribution >= 4 is 16.1 Å². The summed E-state index contributed by atoms with van der Waals surface area (Å²) >= 11 is 0. The van der Waals surface area contributed by atoms with Crippen LogP contribution in [0.1, 0.15) is 12.5 Å². The van der Waals surface area contributed by atoms with Crippen LogP contribution in [0.2, 0.25) is 0 Å². The third-order valence-corrected chi connectivity index (χ3v) is 5.16. The van der Waals surface area contributed by atoms with Crippen molar-refractivity contribution in [2.45, 2.75) is 13.0 Å². The average molecular weight is 305 g/mol. The molecule has 0 bridgehead atoms. The normalized spacial score (nSPS) is 19.4. The van der Waals surface area contributed by atoms with Gasteiger partial charge in [-0.25, -0.2) is 8.42 Å². The number of rotatable bonds is 4. The number of hydrogen-bond acceptors (Lipinski definition) is 4. The highest BCUT2D eigenvalue weighted by molar-refractivity contribution is 7.92. The second kappa shape index (κ2) is 6.85. The summed E-state index contributed by atoms with van der Waals surface area (Å²) in [5.74, 6) is 0. The van der Waals surface area contributed by atoms with E-state index in [9.17, 15) is 8.42 Å². The molecular weight excluding hydrogens is 286 g/mol. The first-order valence-corrected chi connectivity index (χ1v) is 8.40. The molecule has 0 unspecified atom stereocenters. The molecule has 1 aromatic rings. The van der Waals surface area contributed by atoms with E-state index in [0.717, 1.165) is 5.56 Å². The summed E-state index contributed by atoms with van der Waals surface area (Å²) in [4.78, 5) is 1.99. The van der Waals surface area contributed by atoms with Crippen LogP contribution >= 0.6 is 0 Å². The Bertz CT molecular complexity index is 627. The first kappa shape index (κ1) is 15.7. The molecule has 2 rings (SSSR count). The Labute approximate surface area is 126 Å². The molecule has 5 nitrogen and oxygen atoms in total. The predicted molar refractivity (Wildman–Crippen MR) is 82.6 cm³/mol. The molecule has 0 aliphatic carbocycles. The molecule has 0 spiro atoms. The van der Waals surface area contributed by atoms with Gasteiger partial charge in [-0.1, -0.05) is 30.3 Å². The molecular formula is C15H19N3O2S. The molecule has 1 saturated heterocycles. The highest BCUT2D eigenvalue weighted by Gasteiger charge is 2.26. The zero-order valence-corrected chi connectivity index (χ0v) is 12.8. The lowest BCUT2D eigenvalue weighted by atomic mass is 10.2. The molecule has 112 valence electrons. The van der Waals surface area contributed by atoms with Crippen molar-refractivity contribution in [3.8, 4) is 6.07 Å². The van der Waals surface area contributed by atoms with Crippen molar-refractivity contribution in [2.75, 3.05) is 26.2 Å². The summed E-state index contributed by atoms with van der Waals surface area (Å²) in [6.45, 7) is 3.86. The van der Waals surface area contributed by atoms with Gasteiger partial charge in [-0.15, -0.1) is 0 Å². The Morgan fingerprint density at radius 2 is 1.81 bits per heavy atom. The monoisotopic (exact) mass is 305 g/mol. The van der Waals surface area contributed by atoms with Gasteiger partial charge in [0.25, 0.3) is 0 Å². The zero-order chi connectivity index (χ0) is 15.3. The summed E-state index contributed by atoms with van der Waals surface area (Å²) in [6, 6.07) is 11.4. The fourth-order valence-corrected chi connectivity index (χ4v) is 3.42. The number of nitriles is 1. The van der Waals surface area contributed by atoms with Crippen molar-refractivity contribution in [3.63, 3.8) is 0 Å². The number of piperazine rings is 1. The van der Waals surface area contributed by atoms with E-state index in [1.165, 1.54) is 9.71 Å². The molecule has 1 atom stereocenters. The molecule has 1 aliphatic heterocycles. The highest BCUT2D eigenvalue weighted by Crippen LogP contribution is 2.12. The molecule has 0 saturated carbocycles. The maximum atomic E-state index is 12.3. The molecule has 1 heterocycles. The standard InChI is InChI=1S/C15H19N3O2S/c1-14(13-16)17-8-10-18(11-9-17)21(19,20)12-7-15-5-3-2-4-6-15/h2-7,12,14H,8-11H2,1H3/b12-7+/t14-/m0/s1. The van der Waals surface area contributed by atoms with Gasteiger partial charge in [-0.05, 0) is 18.6 Å². The van der Waals surface area contributed by atoms with E-state index in [4.69, 9.17) is 5.26 Å². The summed E-state index contributed by atoms with van der Waals surface area (Å²) in [5.41, 5.74) is 0.859. The van der Waals surface area contributed by atoms with Gasteiger partial charge in [0.05, 0.1) is 12.1 Å². The molecule has 0 N–H and O–H groups in total. The molecule has 1 fully saturated rings. The van der Waals surface area contributed by atoms with Gasteiger partial charge < -0.3 is 0 Å². The average Bonchev–Trinajstić information content (AvgIpc) is 2.53. The van der Waals surface area contributed by atoms with E-state index in [0.29, 0.717) is 26.2 Å². The van der Waals surface area contributed by atoms with Gasteiger partial charge in [0.1, 0.15) is 0 Å². The van der Waals surface area contributed by atoms with Gasteiger partial charge in [0.15, 0.2) is 0 Å². The van der Waals surface area contributed by atoms with Crippen LogP contribution < -0.4 is 0 Å². The second-order valence-corrected chi connectivity index (χ2v) is 6.82. The predicted octanol–water partition coefficient (Wildman–Crippen LogP) is 1.52. The molecule has 1 aliphatic rings. The zero-order valence-electron chi connectivity index (χ0n) is 12.0. The van der Waals surface area contributed by atoms with Crippen LogP contribution in [0.5, 0.6) is 0 Å². The Hall–Kier alpha value is -1.68. The Kier molecular flexibility index (Phi) is 5.12. The SMILES string of the molecule is C[C@@H](C#N)N1CCN(S(=O)(=O)/C=C/c2ccccc2)CC1. The van der Waals surface area contributed by atoms with E-state index in [1.54, 1.807) is 6.08 Å². The Morgan fingerprint density at radius 1 is 1.19 bits per heavy atom. The molecule has 0 amide bonds. The molecule has 6 heteroatoms. The highest BCUT2D eigenvalue weighted by atomic mass is 32.2. The van der Waals surface area contributed by atoms with Gasteiger partial charge >= 0.3 is 0 Å². The minimum atomic E-state index is -3.39. The van der Waals surface area contributed by atoms with Crippen LogP contribution in [0.4, 0.5) is 0 Å². The van der Waals surface area contributed by atoms with Crippen LogP contribution in [0.25, 0.3) is 6.08 Å². The quantitative estimate of drug-likeness (QED) is 0.846. The van der Waals surface area contributed by atoms with E-state index < -0.39 is 10.0 Å². The largest absolute Gasteiger partial charge is 0.286 e. The summed E-state index contributed by atoms with van der Waals surface area (Å²) < 4.78 is 26.0. The molecule has 0 radical (unpaired) electrons. The van der Waals surface area contributed by atoms with Gasteiger partial charge in [-0.2, -0.15) is 9.57 Å². The van der Waals surface area contributed by atoms with E-state index in [2.05, 4.69) is 6.07 Å². The van der Waals surface area contributed by atoms with Crippen molar-refractivity contribution in [1.29, 1.82) is 5.26 Å². The van der Waals surface area contributed by atoms with Gasteiger partial charge in [-0.3, -0.25) is 4.90 Å². The van der Waals surface area contributed by atoms with Crippen molar-refractivity contribution in [2.24, 2.45) is 0 Å². The lowest BCUT2D eigenvalue weighted by molar-refractivity contribution is 0.170. The number of benzene rings is 1. The topological polar surface area (TPSA) is 64.4 Å². The number of nitrogens with zero attached hydrogens (tertiary/aromatic N) is 3. The maximum Gasteiger partial charge on any atom is 0.236 e. The number of sulfonamides is 1. The minimum Gasteiger partial charge on any atom is -0.286 e. The van der Waals surface area contributed by atoms with Gasteiger partial charge in [0, 0.05) is 31.6 Å². The molecule has 21 heavy (non-hydrogen) atoms. The Balaban J connectivity index is 1.99. The van der Waals surface area contributed by atoms with Crippen molar-refractivity contribution in [3.05, 3.63) is 41.3 Å². The third-order valence-electron chi connectivity index (χ3n) is 3.60. The van der Waals surface area contributed by atoms with Crippen LogP contribution in [0.3, 0.4) is 0 Å². The van der Waals surface area contributed by atoms with E-state index in [-0.39, 0.29) is 6.04 Å². The fraction of sp³-hybridized carbons (Fsp3) is 0.400. The molecule has 0 aromatic heterocycles. The molecule has 1 aromatic carbocycles. The minimum absolute atomic E-state index is 0.172.